The van der Waals surface area contributed by atoms with Crippen LogP contribution in [-0.4, -0.2) is 72.1 Å². The summed E-state index contributed by atoms with van der Waals surface area (Å²) >= 11 is 0. The van der Waals surface area contributed by atoms with Gasteiger partial charge in [-0.25, -0.2) is 4.98 Å². The number of likely N-dealkylation sites (N-methyl/N-ethyl adjacent to an activating group) is 1. The number of anilines is 2. The lowest BCUT2D eigenvalue weighted by Gasteiger charge is -2.32. The third kappa shape index (κ3) is 5.91. The van der Waals surface area contributed by atoms with Gasteiger partial charge in [-0.15, -0.1) is 0 Å². The number of hydrogen-bond donors (Lipinski definition) is 2. The molecule has 1 aromatic heterocycles. The maximum atomic E-state index is 4.72. The SMILES string of the molecule is CC[C@H](C)Nc1nc(NCCN2CCN(C)CC2)cc(-c2ccccc2)n1. The van der Waals surface area contributed by atoms with Gasteiger partial charge in [0, 0.05) is 56.9 Å². The van der Waals surface area contributed by atoms with E-state index >= 15 is 0 Å². The molecule has 1 aliphatic heterocycles. The number of benzene rings is 1. The van der Waals surface area contributed by atoms with E-state index in [1.54, 1.807) is 0 Å². The third-order valence-corrected chi connectivity index (χ3v) is 5.11. The van der Waals surface area contributed by atoms with Gasteiger partial charge in [0.05, 0.1) is 5.69 Å². The first-order valence-electron chi connectivity index (χ1n) is 10.00. The van der Waals surface area contributed by atoms with E-state index in [9.17, 15) is 0 Å². The van der Waals surface area contributed by atoms with Crippen LogP contribution < -0.4 is 10.6 Å². The predicted octanol–water partition coefficient (Wildman–Crippen LogP) is 3.01. The third-order valence-electron chi connectivity index (χ3n) is 5.11. The molecule has 0 unspecified atom stereocenters. The molecule has 1 aromatic carbocycles. The first kappa shape index (κ1) is 19.6. The minimum Gasteiger partial charge on any atom is -0.369 e. The fraction of sp³-hybridized carbons (Fsp3) is 0.524. The monoisotopic (exact) mass is 368 g/mol. The number of hydrogen-bond acceptors (Lipinski definition) is 6. The summed E-state index contributed by atoms with van der Waals surface area (Å²) in [6, 6.07) is 12.7. The minimum absolute atomic E-state index is 0.342. The summed E-state index contributed by atoms with van der Waals surface area (Å²) in [5, 5.41) is 6.91. The molecule has 6 nitrogen and oxygen atoms in total. The van der Waals surface area contributed by atoms with Crippen molar-refractivity contribution in [1.29, 1.82) is 0 Å². The van der Waals surface area contributed by atoms with E-state index < -0.39 is 0 Å². The molecule has 0 aliphatic carbocycles. The second-order valence-corrected chi connectivity index (χ2v) is 7.35. The van der Waals surface area contributed by atoms with Gasteiger partial charge < -0.3 is 15.5 Å². The van der Waals surface area contributed by atoms with Gasteiger partial charge in [-0.3, -0.25) is 4.90 Å². The number of rotatable bonds is 8. The summed E-state index contributed by atoms with van der Waals surface area (Å²) in [6.45, 7) is 10.8. The lowest BCUT2D eigenvalue weighted by molar-refractivity contribution is 0.158. The van der Waals surface area contributed by atoms with E-state index in [1.807, 2.05) is 24.3 Å². The summed E-state index contributed by atoms with van der Waals surface area (Å²) in [7, 11) is 2.19. The van der Waals surface area contributed by atoms with Crippen molar-refractivity contribution in [3.05, 3.63) is 36.4 Å². The van der Waals surface area contributed by atoms with Gasteiger partial charge in [0.25, 0.3) is 0 Å². The zero-order chi connectivity index (χ0) is 19.1. The highest BCUT2D eigenvalue weighted by molar-refractivity contribution is 5.64. The number of piperazine rings is 1. The summed E-state index contributed by atoms with van der Waals surface area (Å²) in [6.07, 6.45) is 1.03. The summed E-state index contributed by atoms with van der Waals surface area (Å²) in [5.74, 6) is 1.57. The van der Waals surface area contributed by atoms with Gasteiger partial charge in [0.15, 0.2) is 0 Å². The second kappa shape index (κ2) is 9.67. The molecule has 0 amide bonds. The highest BCUT2D eigenvalue weighted by Gasteiger charge is 2.13. The number of nitrogens with zero attached hydrogens (tertiary/aromatic N) is 4. The summed E-state index contributed by atoms with van der Waals surface area (Å²) in [4.78, 5) is 14.3. The van der Waals surface area contributed by atoms with Gasteiger partial charge in [-0.1, -0.05) is 37.3 Å². The minimum atomic E-state index is 0.342. The average molecular weight is 369 g/mol. The van der Waals surface area contributed by atoms with Crippen LogP contribution in [0.4, 0.5) is 11.8 Å². The number of aromatic nitrogens is 2. The fourth-order valence-corrected chi connectivity index (χ4v) is 3.10. The lowest BCUT2D eigenvalue weighted by atomic mass is 10.1. The average Bonchev–Trinajstić information content (AvgIpc) is 2.70. The van der Waals surface area contributed by atoms with Crippen LogP contribution in [-0.2, 0) is 0 Å². The van der Waals surface area contributed by atoms with Crippen molar-refractivity contribution in [3.8, 4) is 11.3 Å². The molecule has 0 spiro atoms. The predicted molar refractivity (Wildman–Crippen MR) is 113 cm³/mol. The molecule has 2 aromatic rings. The molecule has 27 heavy (non-hydrogen) atoms. The molecule has 6 heteroatoms. The number of nitrogens with one attached hydrogen (secondary N) is 2. The Labute approximate surface area is 163 Å². The van der Waals surface area contributed by atoms with Gasteiger partial charge in [0.2, 0.25) is 5.95 Å². The zero-order valence-corrected chi connectivity index (χ0v) is 16.8. The molecule has 1 saturated heterocycles. The molecule has 1 atom stereocenters. The second-order valence-electron chi connectivity index (χ2n) is 7.35. The molecule has 2 heterocycles. The van der Waals surface area contributed by atoms with Crippen LogP contribution in [0.15, 0.2) is 36.4 Å². The topological polar surface area (TPSA) is 56.3 Å². The van der Waals surface area contributed by atoms with E-state index in [0.29, 0.717) is 12.0 Å². The molecule has 1 fully saturated rings. The molecule has 3 rings (SSSR count). The van der Waals surface area contributed by atoms with Crippen molar-refractivity contribution in [2.45, 2.75) is 26.3 Å². The van der Waals surface area contributed by atoms with E-state index in [4.69, 9.17) is 4.98 Å². The van der Waals surface area contributed by atoms with E-state index in [0.717, 1.165) is 62.8 Å². The van der Waals surface area contributed by atoms with Crippen molar-refractivity contribution < 1.29 is 0 Å². The fourth-order valence-electron chi connectivity index (χ4n) is 3.10. The van der Waals surface area contributed by atoms with Gasteiger partial charge in [-0.2, -0.15) is 4.98 Å². The van der Waals surface area contributed by atoms with Gasteiger partial charge >= 0.3 is 0 Å². The van der Waals surface area contributed by atoms with Crippen LogP contribution in [0.1, 0.15) is 20.3 Å². The van der Waals surface area contributed by atoms with Crippen molar-refractivity contribution in [1.82, 2.24) is 19.8 Å². The first-order chi connectivity index (χ1) is 13.1. The maximum absolute atomic E-state index is 4.72. The van der Waals surface area contributed by atoms with Crippen LogP contribution in [0.2, 0.25) is 0 Å². The van der Waals surface area contributed by atoms with Crippen LogP contribution in [0.5, 0.6) is 0 Å². The van der Waals surface area contributed by atoms with Crippen molar-refractivity contribution in [3.63, 3.8) is 0 Å². The molecule has 0 bridgehead atoms. The Morgan fingerprint density at radius 3 is 2.52 bits per heavy atom. The Morgan fingerprint density at radius 1 is 1.07 bits per heavy atom. The molecule has 2 N–H and O–H groups in total. The Bertz CT molecular complexity index is 697. The normalized spacial score (nSPS) is 16.9. The highest BCUT2D eigenvalue weighted by atomic mass is 15.3. The zero-order valence-electron chi connectivity index (χ0n) is 16.8. The van der Waals surface area contributed by atoms with Crippen LogP contribution in [0.3, 0.4) is 0 Å². The van der Waals surface area contributed by atoms with E-state index in [-0.39, 0.29) is 0 Å². The quantitative estimate of drug-likeness (QED) is 0.747. The molecular weight excluding hydrogens is 336 g/mol. The Hall–Kier alpha value is -2.18. The van der Waals surface area contributed by atoms with E-state index in [2.05, 4.69) is 58.4 Å². The van der Waals surface area contributed by atoms with Crippen LogP contribution in [0.25, 0.3) is 11.3 Å². The maximum Gasteiger partial charge on any atom is 0.225 e. The Morgan fingerprint density at radius 2 is 1.81 bits per heavy atom. The molecular formula is C21H32N6. The smallest absolute Gasteiger partial charge is 0.225 e. The summed E-state index contributed by atoms with van der Waals surface area (Å²) in [5.41, 5.74) is 2.05. The van der Waals surface area contributed by atoms with Crippen LogP contribution in [0, 0.1) is 0 Å². The van der Waals surface area contributed by atoms with Crippen LogP contribution >= 0.6 is 0 Å². The standard InChI is InChI=1S/C21H32N6/c1-4-17(2)23-21-24-19(18-8-6-5-7-9-18)16-20(25-21)22-10-11-27-14-12-26(3)13-15-27/h5-9,16-17H,4,10-15H2,1-3H3,(H2,22,23,24,25)/t17-/m0/s1. The van der Waals surface area contributed by atoms with E-state index in [1.165, 1.54) is 0 Å². The summed E-state index contributed by atoms with van der Waals surface area (Å²) < 4.78 is 0. The molecule has 0 radical (unpaired) electrons. The highest BCUT2D eigenvalue weighted by Crippen LogP contribution is 2.21. The largest absolute Gasteiger partial charge is 0.369 e. The van der Waals surface area contributed by atoms with Crippen molar-refractivity contribution in [2.75, 3.05) is 56.9 Å². The molecule has 146 valence electrons. The van der Waals surface area contributed by atoms with Crippen molar-refractivity contribution >= 4 is 11.8 Å². The van der Waals surface area contributed by atoms with Gasteiger partial charge in [-0.05, 0) is 20.4 Å². The van der Waals surface area contributed by atoms with Gasteiger partial charge in [0.1, 0.15) is 5.82 Å². The molecule has 1 aliphatic rings. The molecule has 0 saturated carbocycles. The Kier molecular flexibility index (Phi) is 7.01. The Balaban J connectivity index is 1.68. The van der Waals surface area contributed by atoms with Crippen molar-refractivity contribution in [2.24, 2.45) is 0 Å². The lowest BCUT2D eigenvalue weighted by Crippen LogP contribution is -2.45. The first-order valence-corrected chi connectivity index (χ1v) is 10.00.